The number of nitrogens with one attached hydrogen (secondary N) is 2. The number of piperidine rings is 1. The molecule has 0 aliphatic carbocycles. The predicted molar refractivity (Wildman–Crippen MR) is 85.8 cm³/mol. The molecule has 0 spiro atoms. The Labute approximate surface area is 130 Å². The van der Waals surface area contributed by atoms with Crippen LogP contribution in [0.1, 0.15) is 24.3 Å². The van der Waals surface area contributed by atoms with Crippen molar-refractivity contribution in [3.05, 3.63) is 29.8 Å². The largest absolute Gasteiger partial charge is 0.355 e. The summed E-state index contributed by atoms with van der Waals surface area (Å²) >= 11 is 1.79. The lowest BCUT2D eigenvalue weighted by atomic mass is 9.98. The minimum atomic E-state index is 0. The second-order valence-corrected chi connectivity index (χ2v) is 6.42. The van der Waals surface area contributed by atoms with E-state index in [4.69, 9.17) is 0 Å². The van der Waals surface area contributed by atoms with E-state index in [0.29, 0.717) is 5.92 Å². The fourth-order valence-corrected chi connectivity index (χ4v) is 4.07. The monoisotopic (exact) mass is 312 g/mol. The fourth-order valence-electron chi connectivity index (χ4n) is 2.85. The Morgan fingerprint density at radius 3 is 3.05 bits per heavy atom. The van der Waals surface area contributed by atoms with Gasteiger partial charge >= 0.3 is 0 Å². The number of halogens is 1. The number of rotatable bonds is 3. The first-order valence-electron chi connectivity index (χ1n) is 7.05. The van der Waals surface area contributed by atoms with Crippen LogP contribution in [0.2, 0.25) is 0 Å². The number of amides is 1. The molecule has 1 fully saturated rings. The van der Waals surface area contributed by atoms with Crippen LogP contribution in [0.15, 0.2) is 29.2 Å². The van der Waals surface area contributed by atoms with Gasteiger partial charge in [0, 0.05) is 17.2 Å². The van der Waals surface area contributed by atoms with Crippen LogP contribution in [0.25, 0.3) is 0 Å². The van der Waals surface area contributed by atoms with E-state index in [0.717, 1.165) is 25.4 Å². The summed E-state index contributed by atoms with van der Waals surface area (Å²) < 4.78 is 0. The lowest BCUT2D eigenvalue weighted by Gasteiger charge is -2.23. The Hall–Kier alpha value is -0.710. The lowest BCUT2D eigenvalue weighted by Crippen LogP contribution is -2.39. The maximum atomic E-state index is 12.3. The number of hydrogen-bond donors (Lipinski definition) is 2. The average Bonchev–Trinajstić information content (AvgIpc) is 2.90. The minimum absolute atomic E-state index is 0. The van der Waals surface area contributed by atoms with E-state index in [1.54, 1.807) is 11.8 Å². The molecule has 2 unspecified atom stereocenters. The maximum Gasteiger partial charge on any atom is 0.228 e. The van der Waals surface area contributed by atoms with E-state index < -0.39 is 0 Å². The number of carbonyl (C=O) groups is 1. The number of fused-ring (bicyclic) bond motifs is 1. The van der Waals surface area contributed by atoms with Crippen LogP contribution in [0, 0.1) is 5.92 Å². The third kappa shape index (κ3) is 3.48. The molecule has 3 rings (SSSR count). The third-order valence-electron chi connectivity index (χ3n) is 3.98. The van der Waals surface area contributed by atoms with Crippen LogP contribution in [-0.2, 0) is 4.79 Å². The van der Waals surface area contributed by atoms with Gasteiger partial charge in [-0.1, -0.05) is 18.2 Å². The first-order chi connectivity index (χ1) is 9.34. The van der Waals surface area contributed by atoms with E-state index in [2.05, 4.69) is 22.8 Å². The van der Waals surface area contributed by atoms with Gasteiger partial charge in [0.1, 0.15) is 0 Å². The molecule has 2 heterocycles. The molecular weight excluding hydrogens is 292 g/mol. The summed E-state index contributed by atoms with van der Waals surface area (Å²) in [5, 5.41) is 6.53. The molecule has 2 N–H and O–H groups in total. The maximum absolute atomic E-state index is 12.3. The zero-order valence-electron chi connectivity index (χ0n) is 11.4. The second-order valence-electron chi connectivity index (χ2n) is 5.36. The van der Waals surface area contributed by atoms with E-state index in [1.165, 1.54) is 23.3 Å². The molecule has 1 aromatic rings. The molecule has 2 aliphatic heterocycles. The zero-order valence-corrected chi connectivity index (χ0v) is 13.1. The van der Waals surface area contributed by atoms with Crippen molar-refractivity contribution in [2.24, 2.45) is 5.92 Å². The Morgan fingerprint density at radius 1 is 1.40 bits per heavy atom. The van der Waals surface area contributed by atoms with Crippen LogP contribution >= 0.6 is 24.2 Å². The molecule has 110 valence electrons. The second kappa shape index (κ2) is 7.34. The molecule has 20 heavy (non-hydrogen) atoms. The van der Waals surface area contributed by atoms with Crippen molar-refractivity contribution in [1.29, 1.82) is 0 Å². The molecule has 0 bridgehead atoms. The van der Waals surface area contributed by atoms with Gasteiger partial charge in [-0.2, -0.15) is 0 Å². The van der Waals surface area contributed by atoms with Crippen molar-refractivity contribution >= 4 is 30.1 Å². The summed E-state index contributed by atoms with van der Waals surface area (Å²) in [6.45, 7) is 2.97. The quantitative estimate of drug-likeness (QED) is 0.900. The molecule has 1 saturated heterocycles. The highest BCUT2D eigenvalue weighted by atomic mass is 35.5. The van der Waals surface area contributed by atoms with Crippen LogP contribution in [0.5, 0.6) is 0 Å². The zero-order chi connectivity index (χ0) is 13.1. The Morgan fingerprint density at radius 2 is 2.25 bits per heavy atom. The van der Waals surface area contributed by atoms with Gasteiger partial charge in [-0.05, 0) is 43.5 Å². The molecule has 1 aromatic carbocycles. The standard InChI is InChI=1S/C15H20N2OS.ClH/c18-15(17-9-11-4-3-7-16-8-11)13-10-19-14-6-2-1-5-12(13)14;/h1-2,5-6,11,13,16H,3-4,7-10H2,(H,17,18);1H. The fraction of sp³-hybridized carbons (Fsp3) is 0.533. The first kappa shape index (κ1) is 15.7. The van der Waals surface area contributed by atoms with Crippen LogP contribution in [0.4, 0.5) is 0 Å². The Balaban J connectivity index is 0.00000147. The Kier molecular flexibility index (Phi) is 5.75. The third-order valence-corrected chi connectivity index (χ3v) is 5.16. The van der Waals surface area contributed by atoms with E-state index in [1.807, 2.05) is 12.1 Å². The van der Waals surface area contributed by atoms with E-state index in [9.17, 15) is 4.79 Å². The number of hydrogen-bond acceptors (Lipinski definition) is 3. The molecule has 0 radical (unpaired) electrons. The minimum Gasteiger partial charge on any atom is -0.355 e. The van der Waals surface area contributed by atoms with Gasteiger partial charge in [0.25, 0.3) is 0 Å². The summed E-state index contributed by atoms with van der Waals surface area (Å²) in [5.74, 6) is 1.72. The van der Waals surface area contributed by atoms with Crippen LogP contribution in [0.3, 0.4) is 0 Å². The Bertz CT molecular complexity index is 463. The van der Waals surface area contributed by atoms with Crippen molar-refractivity contribution < 1.29 is 4.79 Å². The van der Waals surface area contributed by atoms with Crippen LogP contribution < -0.4 is 10.6 Å². The van der Waals surface area contributed by atoms with Crippen molar-refractivity contribution in [3.8, 4) is 0 Å². The summed E-state index contributed by atoms with van der Waals surface area (Å²) in [4.78, 5) is 13.6. The summed E-state index contributed by atoms with van der Waals surface area (Å²) in [7, 11) is 0. The first-order valence-corrected chi connectivity index (χ1v) is 8.03. The van der Waals surface area contributed by atoms with E-state index in [-0.39, 0.29) is 24.2 Å². The molecule has 5 heteroatoms. The van der Waals surface area contributed by atoms with Gasteiger partial charge in [-0.3, -0.25) is 4.79 Å². The summed E-state index contributed by atoms with van der Waals surface area (Å²) in [6, 6.07) is 8.26. The molecule has 1 amide bonds. The van der Waals surface area contributed by atoms with Gasteiger partial charge in [-0.15, -0.1) is 24.2 Å². The molecule has 0 saturated carbocycles. The van der Waals surface area contributed by atoms with Crippen molar-refractivity contribution in [2.45, 2.75) is 23.7 Å². The van der Waals surface area contributed by atoms with Gasteiger partial charge in [0.2, 0.25) is 5.91 Å². The molecular formula is C15H21ClN2OS. The van der Waals surface area contributed by atoms with Gasteiger partial charge < -0.3 is 10.6 Å². The average molecular weight is 313 g/mol. The highest BCUT2D eigenvalue weighted by Crippen LogP contribution is 2.39. The number of carbonyl (C=O) groups excluding carboxylic acids is 1. The number of benzene rings is 1. The van der Waals surface area contributed by atoms with Crippen molar-refractivity contribution in [2.75, 3.05) is 25.4 Å². The number of thioether (sulfide) groups is 1. The van der Waals surface area contributed by atoms with Crippen molar-refractivity contribution in [3.63, 3.8) is 0 Å². The van der Waals surface area contributed by atoms with E-state index >= 15 is 0 Å². The molecule has 0 aromatic heterocycles. The lowest BCUT2D eigenvalue weighted by molar-refractivity contribution is -0.122. The molecule has 2 atom stereocenters. The summed E-state index contributed by atoms with van der Waals surface area (Å²) in [5.41, 5.74) is 1.20. The SMILES string of the molecule is Cl.O=C(NCC1CCCNC1)C1CSc2ccccc21. The highest BCUT2D eigenvalue weighted by Gasteiger charge is 2.29. The van der Waals surface area contributed by atoms with Gasteiger partial charge in [-0.25, -0.2) is 0 Å². The molecule has 2 aliphatic rings. The predicted octanol–water partition coefficient (Wildman–Crippen LogP) is 2.41. The van der Waals surface area contributed by atoms with Crippen molar-refractivity contribution in [1.82, 2.24) is 10.6 Å². The summed E-state index contributed by atoms with van der Waals surface area (Å²) in [6.07, 6.45) is 2.45. The van der Waals surface area contributed by atoms with Crippen LogP contribution in [-0.4, -0.2) is 31.3 Å². The molecule has 3 nitrogen and oxygen atoms in total. The smallest absolute Gasteiger partial charge is 0.228 e. The van der Waals surface area contributed by atoms with Gasteiger partial charge in [0.05, 0.1) is 5.92 Å². The highest BCUT2D eigenvalue weighted by molar-refractivity contribution is 7.99. The van der Waals surface area contributed by atoms with Gasteiger partial charge in [0.15, 0.2) is 0 Å². The normalized spacial score (nSPS) is 24.6. The topological polar surface area (TPSA) is 41.1 Å².